The van der Waals surface area contributed by atoms with Crippen LogP contribution in [0.15, 0.2) is 53.5 Å². The highest BCUT2D eigenvalue weighted by Crippen LogP contribution is 2.31. The first-order chi connectivity index (χ1) is 13.8. The summed E-state index contributed by atoms with van der Waals surface area (Å²) in [4.78, 5) is 6.94. The van der Waals surface area contributed by atoms with E-state index in [0.29, 0.717) is 19.1 Å². The molecule has 2 aliphatic rings. The van der Waals surface area contributed by atoms with Gasteiger partial charge in [-0.2, -0.15) is 0 Å². The maximum absolute atomic E-state index is 6.14. The van der Waals surface area contributed by atoms with E-state index in [1.165, 1.54) is 5.56 Å². The lowest BCUT2D eigenvalue weighted by atomic mass is 10.0. The molecule has 1 atom stereocenters. The second-order valence-corrected chi connectivity index (χ2v) is 7.28. The lowest BCUT2D eigenvalue weighted by Crippen LogP contribution is -2.37. The highest BCUT2D eigenvalue weighted by Gasteiger charge is 2.21. The Morgan fingerprint density at radius 3 is 2.61 bits per heavy atom. The van der Waals surface area contributed by atoms with E-state index >= 15 is 0 Å². The lowest BCUT2D eigenvalue weighted by Gasteiger charge is -2.27. The van der Waals surface area contributed by atoms with Crippen LogP contribution in [-0.2, 0) is 17.8 Å². The number of nitrogens with two attached hydrogens (primary N) is 1. The van der Waals surface area contributed by atoms with Gasteiger partial charge in [0, 0.05) is 31.6 Å². The molecule has 2 aromatic rings. The molecule has 1 saturated heterocycles. The quantitative estimate of drug-likeness (QED) is 0.616. The summed E-state index contributed by atoms with van der Waals surface area (Å²) in [7, 11) is 0. The molecule has 0 radical (unpaired) electrons. The van der Waals surface area contributed by atoms with Gasteiger partial charge in [-0.05, 0) is 17.2 Å². The summed E-state index contributed by atoms with van der Waals surface area (Å²) in [5.41, 5.74) is 9.76. The van der Waals surface area contributed by atoms with Crippen molar-refractivity contribution in [2.45, 2.75) is 25.6 Å². The highest BCUT2D eigenvalue weighted by molar-refractivity contribution is 5.78. The third-order valence-corrected chi connectivity index (χ3v) is 5.25. The van der Waals surface area contributed by atoms with Gasteiger partial charge in [-0.1, -0.05) is 42.5 Å². The summed E-state index contributed by atoms with van der Waals surface area (Å²) in [6.07, 6.45) is 0.878. The van der Waals surface area contributed by atoms with Gasteiger partial charge in [-0.25, -0.2) is 4.99 Å². The number of nitrogens with one attached hydrogen (secondary N) is 1. The van der Waals surface area contributed by atoms with Crippen molar-refractivity contribution in [2.24, 2.45) is 10.7 Å². The SMILES string of the molecule is NC(=NCc1ccc(CN2CCOCC2)cc1)NC1CCOc2ccccc21. The monoisotopic (exact) mass is 380 g/mol. The number of fused-ring (bicyclic) bond motifs is 1. The number of guanidine groups is 1. The minimum absolute atomic E-state index is 0.143. The van der Waals surface area contributed by atoms with Crippen molar-refractivity contribution in [2.75, 3.05) is 32.9 Å². The Morgan fingerprint density at radius 1 is 1.04 bits per heavy atom. The first-order valence-electron chi connectivity index (χ1n) is 9.94. The van der Waals surface area contributed by atoms with Crippen molar-refractivity contribution < 1.29 is 9.47 Å². The van der Waals surface area contributed by atoms with Crippen LogP contribution in [0, 0.1) is 0 Å². The van der Waals surface area contributed by atoms with Crippen molar-refractivity contribution in [3.63, 3.8) is 0 Å². The summed E-state index contributed by atoms with van der Waals surface area (Å²) in [5.74, 6) is 1.40. The van der Waals surface area contributed by atoms with Crippen LogP contribution in [0.4, 0.5) is 0 Å². The Hall–Kier alpha value is -2.57. The van der Waals surface area contributed by atoms with Gasteiger partial charge in [-0.15, -0.1) is 0 Å². The zero-order valence-corrected chi connectivity index (χ0v) is 16.1. The largest absolute Gasteiger partial charge is 0.493 e. The average molecular weight is 380 g/mol. The first kappa shape index (κ1) is 18.8. The third kappa shape index (κ3) is 4.82. The molecule has 0 spiro atoms. The van der Waals surface area contributed by atoms with E-state index in [2.05, 4.69) is 45.5 Å². The van der Waals surface area contributed by atoms with Crippen LogP contribution in [0.2, 0.25) is 0 Å². The fourth-order valence-corrected chi connectivity index (χ4v) is 3.66. The van der Waals surface area contributed by atoms with E-state index in [-0.39, 0.29) is 6.04 Å². The standard InChI is InChI=1S/C22H28N4O2/c23-22(25-20-9-12-28-21-4-2-1-3-19(20)21)24-15-17-5-7-18(8-6-17)16-26-10-13-27-14-11-26/h1-8,20H,9-16H2,(H3,23,24,25). The fraction of sp³-hybridized carbons (Fsp3) is 0.409. The second-order valence-electron chi connectivity index (χ2n) is 7.28. The second kappa shape index (κ2) is 9.08. The number of benzene rings is 2. The van der Waals surface area contributed by atoms with E-state index in [1.807, 2.05) is 18.2 Å². The molecule has 0 amide bonds. The number of ether oxygens (including phenoxy) is 2. The molecule has 1 unspecified atom stereocenters. The molecule has 6 nitrogen and oxygen atoms in total. The average Bonchev–Trinajstić information content (AvgIpc) is 2.74. The fourth-order valence-electron chi connectivity index (χ4n) is 3.66. The predicted molar refractivity (Wildman–Crippen MR) is 110 cm³/mol. The van der Waals surface area contributed by atoms with Gasteiger partial charge in [0.1, 0.15) is 5.75 Å². The van der Waals surface area contributed by atoms with Crippen LogP contribution in [0.5, 0.6) is 5.75 Å². The Kier molecular flexibility index (Phi) is 6.09. The molecule has 6 heteroatoms. The van der Waals surface area contributed by atoms with Crippen molar-refractivity contribution in [1.82, 2.24) is 10.2 Å². The Morgan fingerprint density at radius 2 is 1.79 bits per heavy atom. The van der Waals surface area contributed by atoms with E-state index in [4.69, 9.17) is 15.2 Å². The minimum Gasteiger partial charge on any atom is -0.493 e. The summed E-state index contributed by atoms with van der Waals surface area (Å²) < 4.78 is 11.1. The van der Waals surface area contributed by atoms with Gasteiger partial charge in [-0.3, -0.25) is 4.90 Å². The Labute approximate surface area is 166 Å². The molecule has 28 heavy (non-hydrogen) atoms. The first-order valence-corrected chi connectivity index (χ1v) is 9.94. The summed E-state index contributed by atoms with van der Waals surface area (Å²) in [6.45, 7) is 5.90. The molecule has 0 bridgehead atoms. The topological polar surface area (TPSA) is 72.1 Å². The van der Waals surface area contributed by atoms with Crippen LogP contribution in [0.25, 0.3) is 0 Å². The van der Waals surface area contributed by atoms with Gasteiger partial charge in [0.05, 0.1) is 32.4 Å². The van der Waals surface area contributed by atoms with Gasteiger partial charge in [0.15, 0.2) is 5.96 Å². The van der Waals surface area contributed by atoms with Crippen molar-refractivity contribution in [1.29, 1.82) is 0 Å². The van der Waals surface area contributed by atoms with E-state index in [9.17, 15) is 0 Å². The molecular formula is C22H28N4O2. The van der Waals surface area contributed by atoms with Crippen LogP contribution >= 0.6 is 0 Å². The van der Waals surface area contributed by atoms with Gasteiger partial charge >= 0.3 is 0 Å². The number of nitrogens with zero attached hydrogens (tertiary/aromatic N) is 2. The van der Waals surface area contributed by atoms with Crippen molar-refractivity contribution in [3.8, 4) is 5.75 Å². The number of hydrogen-bond donors (Lipinski definition) is 2. The predicted octanol–water partition coefficient (Wildman–Crippen LogP) is 2.45. The van der Waals surface area contributed by atoms with Gasteiger partial charge in [0.25, 0.3) is 0 Å². The molecule has 2 aliphatic heterocycles. The smallest absolute Gasteiger partial charge is 0.189 e. The van der Waals surface area contributed by atoms with Gasteiger partial charge in [0.2, 0.25) is 0 Å². The van der Waals surface area contributed by atoms with E-state index in [1.54, 1.807) is 0 Å². The molecular weight excluding hydrogens is 352 g/mol. The zero-order chi connectivity index (χ0) is 19.2. The van der Waals surface area contributed by atoms with Crippen LogP contribution in [0.3, 0.4) is 0 Å². The van der Waals surface area contributed by atoms with E-state index in [0.717, 1.165) is 56.1 Å². The van der Waals surface area contributed by atoms with Crippen molar-refractivity contribution >= 4 is 5.96 Å². The Balaban J connectivity index is 1.31. The van der Waals surface area contributed by atoms with Crippen molar-refractivity contribution in [3.05, 3.63) is 65.2 Å². The molecule has 2 aromatic carbocycles. The molecule has 4 rings (SSSR count). The summed E-state index contributed by atoms with van der Waals surface area (Å²) in [5, 5.41) is 3.34. The van der Waals surface area contributed by atoms with Gasteiger partial charge < -0.3 is 20.5 Å². The lowest BCUT2D eigenvalue weighted by molar-refractivity contribution is 0.0342. The third-order valence-electron chi connectivity index (χ3n) is 5.25. The number of para-hydroxylation sites is 1. The molecule has 3 N–H and O–H groups in total. The normalized spacial score (nSPS) is 20.3. The van der Waals surface area contributed by atoms with Crippen LogP contribution in [0.1, 0.15) is 29.2 Å². The number of aliphatic imine (C=N–C) groups is 1. The number of hydrogen-bond acceptors (Lipinski definition) is 4. The molecule has 1 fully saturated rings. The van der Waals surface area contributed by atoms with E-state index < -0.39 is 0 Å². The summed E-state index contributed by atoms with van der Waals surface area (Å²) >= 11 is 0. The Bertz CT molecular complexity index is 800. The molecule has 2 heterocycles. The molecule has 0 aromatic heterocycles. The molecule has 0 aliphatic carbocycles. The maximum atomic E-state index is 6.14. The van der Waals surface area contributed by atoms with Crippen LogP contribution < -0.4 is 15.8 Å². The molecule has 0 saturated carbocycles. The number of rotatable bonds is 5. The zero-order valence-electron chi connectivity index (χ0n) is 16.1. The minimum atomic E-state index is 0.143. The molecule has 148 valence electrons. The van der Waals surface area contributed by atoms with Crippen LogP contribution in [-0.4, -0.2) is 43.8 Å². The number of morpholine rings is 1. The highest BCUT2D eigenvalue weighted by atomic mass is 16.5. The maximum Gasteiger partial charge on any atom is 0.189 e. The summed E-state index contributed by atoms with van der Waals surface area (Å²) in [6, 6.07) is 16.9.